The quantitative estimate of drug-likeness (QED) is 0.427. The van der Waals surface area contributed by atoms with Gasteiger partial charge in [-0.2, -0.15) is 8.78 Å². The van der Waals surface area contributed by atoms with Crippen LogP contribution in [0.25, 0.3) is 11.4 Å². The van der Waals surface area contributed by atoms with Crippen molar-refractivity contribution in [1.29, 1.82) is 0 Å². The predicted octanol–water partition coefficient (Wildman–Crippen LogP) is 3.55. The van der Waals surface area contributed by atoms with Crippen molar-refractivity contribution in [1.82, 2.24) is 20.2 Å². The Morgan fingerprint density at radius 1 is 1.23 bits per heavy atom. The number of nitrogens with two attached hydrogens (primary N) is 1. The third-order valence-electron chi connectivity index (χ3n) is 5.04. The van der Waals surface area contributed by atoms with Gasteiger partial charge in [-0.15, -0.1) is 10.2 Å². The molecule has 7 nitrogen and oxygen atoms in total. The number of aromatic nitrogens is 3. The number of rotatable bonds is 7. The number of amides is 1. The van der Waals surface area contributed by atoms with E-state index in [4.69, 9.17) is 5.84 Å². The zero-order valence-electron chi connectivity index (χ0n) is 16.5. The summed E-state index contributed by atoms with van der Waals surface area (Å²) in [4.78, 5) is 12.5. The van der Waals surface area contributed by atoms with Gasteiger partial charge < -0.3 is 15.9 Å². The highest BCUT2D eigenvalue weighted by Crippen LogP contribution is 2.30. The summed E-state index contributed by atoms with van der Waals surface area (Å²) in [6.45, 7) is -2.89. The highest BCUT2D eigenvalue weighted by Gasteiger charge is 2.22. The molecule has 162 valence electrons. The standard InChI is InChI=1S/C21H21F2N5O2S/c22-20(23)30-15-10-8-14(9-11-15)19-26-27-21(28(19)24)31-12-18(29)25-17-7-3-5-13-4-1-2-6-16(13)17/h1-2,4,6,8-11,17,20H,3,5,7,12,24H2,(H,25,29). The molecule has 1 heterocycles. The normalized spacial score (nSPS) is 15.5. The van der Waals surface area contributed by atoms with Crippen LogP contribution < -0.4 is 15.9 Å². The summed E-state index contributed by atoms with van der Waals surface area (Å²) in [6, 6.07) is 14.1. The molecule has 3 N–H and O–H groups in total. The molecule has 0 aliphatic heterocycles. The lowest BCUT2D eigenvalue weighted by atomic mass is 9.88. The monoisotopic (exact) mass is 445 g/mol. The fourth-order valence-corrected chi connectivity index (χ4v) is 4.30. The van der Waals surface area contributed by atoms with E-state index in [0.29, 0.717) is 16.5 Å². The predicted molar refractivity (Wildman–Crippen MR) is 113 cm³/mol. The first-order chi connectivity index (χ1) is 15.0. The molecule has 0 radical (unpaired) electrons. The summed E-state index contributed by atoms with van der Waals surface area (Å²) >= 11 is 1.18. The number of nitrogens with one attached hydrogen (secondary N) is 1. The Morgan fingerprint density at radius 2 is 2.00 bits per heavy atom. The molecule has 0 fully saturated rings. The van der Waals surface area contributed by atoms with Crippen LogP contribution in [0.2, 0.25) is 0 Å². The van der Waals surface area contributed by atoms with Gasteiger partial charge in [0.1, 0.15) is 5.75 Å². The first-order valence-corrected chi connectivity index (χ1v) is 10.8. The molecule has 0 spiro atoms. The summed E-state index contributed by atoms with van der Waals surface area (Å²) < 4.78 is 30.2. The highest BCUT2D eigenvalue weighted by molar-refractivity contribution is 7.99. The second-order valence-corrected chi connectivity index (χ2v) is 8.02. The van der Waals surface area contributed by atoms with Crippen molar-refractivity contribution in [3.63, 3.8) is 0 Å². The Morgan fingerprint density at radius 3 is 2.77 bits per heavy atom. The number of hydrogen-bond acceptors (Lipinski definition) is 6. The van der Waals surface area contributed by atoms with E-state index < -0.39 is 6.61 Å². The van der Waals surface area contributed by atoms with Gasteiger partial charge in [-0.1, -0.05) is 36.0 Å². The second-order valence-electron chi connectivity index (χ2n) is 7.08. The lowest BCUT2D eigenvalue weighted by Gasteiger charge is -2.26. The van der Waals surface area contributed by atoms with E-state index in [1.807, 2.05) is 12.1 Å². The number of fused-ring (bicyclic) bond motifs is 1. The maximum absolute atomic E-state index is 12.5. The summed E-state index contributed by atoms with van der Waals surface area (Å²) in [7, 11) is 0. The van der Waals surface area contributed by atoms with Crippen molar-refractivity contribution >= 4 is 17.7 Å². The first-order valence-electron chi connectivity index (χ1n) is 9.77. The minimum absolute atomic E-state index is 0.0123. The fraction of sp³-hybridized carbons (Fsp3) is 0.286. The van der Waals surface area contributed by atoms with Crippen molar-refractivity contribution in [2.24, 2.45) is 0 Å². The molecule has 3 aromatic rings. The zero-order valence-corrected chi connectivity index (χ0v) is 17.3. The molecule has 1 amide bonds. The van der Waals surface area contributed by atoms with Crippen molar-refractivity contribution in [2.45, 2.75) is 37.1 Å². The van der Waals surface area contributed by atoms with Crippen LogP contribution in [-0.4, -0.2) is 33.1 Å². The average Bonchev–Trinajstić information content (AvgIpc) is 3.13. The Kier molecular flexibility index (Phi) is 6.36. The highest BCUT2D eigenvalue weighted by atomic mass is 32.2. The summed E-state index contributed by atoms with van der Waals surface area (Å²) in [6.07, 6.45) is 2.98. The van der Waals surface area contributed by atoms with Crippen LogP contribution in [0.1, 0.15) is 30.0 Å². The average molecular weight is 445 g/mol. The zero-order chi connectivity index (χ0) is 21.8. The molecule has 4 rings (SSSR count). The van der Waals surface area contributed by atoms with Crippen LogP contribution in [0.4, 0.5) is 8.78 Å². The van der Waals surface area contributed by atoms with E-state index in [0.717, 1.165) is 19.3 Å². The van der Waals surface area contributed by atoms with E-state index in [1.54, 1.807) is 12.1 Å². The Balaban J connectivity index is 1.37. The van der Waals surface area contributed by atoms with E-state index in [-0.39, 0.29) is 23.5 Å². The van der Waals surface area contributed by atoms with Crippen molar-refractivity contribution in [3.8, 4) is 17.1 Å². The summed E-state index contributed by atoms with van der Waals surface area (Å²) in [5, 5.41) is 11.6. The van der Waals surface area contributed by atoms with Crippen LogP contribution in [-0.2, 0) is 11.2 Å². The molecule has 2 aromatic carbocycles. The van der Waals surface area contributed by atoms with Crippen molar-refractivity contribution < 1.29 is 18.3 Å². The first kappa shape index (κ1) is 21.1. The third kappa shape index (κ3) is 4.96. The molecule has 10 heteroatoms. The van der Waals surface area contributed by atoms with Crippen LogP contribution in [0.5, 0.6) is 5.75 Å². The van der Waals surface area contributed by atoms with Crippen LogP contribution in [0.3, 0.4) is 0 Å². The number of nitrogens with zero attached hydrogens (tertiary/aromatic N) is 3. The van der Waals surface area contributed by atoms with Gasteiger partial charge in [0, 0.05) is 5.56 Å². The molecule has 1 aliphatic rings. The van der Waals surface area contributed by atoms with E-state index in [9.17, 15) is 13.6 Å². The number of hydrogen-bond donors (Lipinski definition) is 2. The maximum Gasteiger partial charge on any atom is 0.387 e. The van der Waals surface area contributed by atoms with Gasteiger partial charge in [-0.05, 0) is 54.7 Å². The van der Waals surface area contributed by atoms with Gasteiger partial charge in [0.15, 0.2) is 5.82 Å². The molecule has 1 unspecified atom stereocenters. The number of benzene rings is 2. The van der Waals surface area contributed by atoms with Gasteiger partial charge >= 0.3 is 6.61 Å². The second kappa shape index (κ2) is 9.34. The number of aryl methyl sites for hydroxylation is 1. The summed E-state index contributed by atoms with van der Waals surface area (Å²) in [5.41, 5.74) is 3.05. The van der Waals surface area contributed by atoms with Crippen LogP contribution in [0.15, 0.2) is 53.7 Å². The van der Waals surface area contributed by atoms with Gasteiger partial charge in [-0.3, -0.25) is 4.79 Å². The Hall–Kier alpha value is -3.14. The van der Waals surface area contributed by atoms with Gasteiger partial charge in [-0.25, -0.2) is 4.68 Å². The number of nitrogen functional groups attached to an aromatic ring is 1. The molecule has 0 saturated carbocycles. The largest absolute Gasteiger partial charge is 0.435 e. The molecule has 1 atom stereocenters. The molecular formula is C21H21F2N5O2S. The van der Waals surface area contributed by atoms with Crippen LogP contribution in [0, 0.1) is 0 Å². The molecular weight excluding hydrogens is 424 g/mol. The third-order valence-corrected chi connectivity index (χ3v) is 5.98. The van der Waals surface area contributed by atoms with E-state index in [1.165, 1.54) is 39.7 Å². The molecule has 1 aliphatic carbocycles. The molecule has 0 saturated heterocycles. The minimum atomic E-state index is -2.89. The van der Waals surface area contributed by atoms with E-state index in [2.05, 4.69) is 32.4 Å². The Labute approximate surface area is 182 Å². The lowest BCUT2D eigenvalue weighted by Crippen LogP contribution is -2.32. The van der Waals surface area contributed by atoms with Gasteiger partial charge in [0.25, 0.3) is 0 Å². The van der Waals surface area contributed by atoms with Gasteiger partial charge in [0.2, 0.25) is 11.1 Å². The number of halogens is 2. The van der Waals surface area contributed by atoms with Crippen LogP contribution >= 0.6 is 11.8 Å². The fourth-order valence-electron chi connectivity index (χ4n) is 3.63. The number of ether oxygens (including phenoxy) is 1. The number of thioether (sulfide) groups is 1. The summed E-state index contributed by atoms with van der Waals surface area (Å²) in [5.74, 6) is 6.51. The smallest absolute Gasteiger partial charge is 0.387 e. The molecule has 31 heavy (non-hydrogen) atoms. The van der Waals surface area contributed by atoms with E-state index >= 15 is 0 Å². The lowest BCUT2D eigenvalue weighted by molar-refractivity contribution is -0.119. The minimum Gasteiger partial charge on any atom is -0.435 e. The number of alkyl halides is 2. The number of carbonyl (C=O) groups is 1. The van der Waals surface area contributed by atoms with Crippen molar-refractivity contribution in [2.75, 3.05) is 11.6 Å². The van der Waals surface area contributed by atoms with Gasteiger partial charge in [0.05, 0.1) is 11.8 Å². The van der Waals surface area contributed by atoms with Crippen molar-refractivity contribution in [3.05, 3.63) is 59.7 Å². The Bertz CT molecular complexity index is 1060. The topological polar surface area (TPSA) is 95.1 Å². The SMILES string of the molecule is Nn1c(SCC(=O)NC2CCCc3ccccc32)nnc1-c1ccc(OC(F)F)cc1. The molecule has 1 aromatic heterocycles. The maximum atomic E-state index is 12.5. The number of carbonyl (C=O) groups excluding carboxylic acids is 1. The molecule has 0 bridgehead atoms.